The molecule has 0 aromatic heterocycles. The number of rotatable bonds is 1. The van der Waals surface area contributed by atoms with Gasteiger partial charge in [0.2, 0.25) is 0 Å². The molecule has 0 amide bonds. The van der Waals surface area contributed by atoms with Crippen LogP contribution in [0.15, 0.2) is 47.0 Å². The Morgan fingerprint density at radius 2 is 1.89 bits per heavy atom. The SMILES string of the molecule is Oc1ccc(C2=CC=CN3CCS(O)(O)N=C23)cc1. The van der Waals surface area contributed by atoms with Gasteiger partial charge in [-0.2, -0.15) is 0 Å². The van der Waals surface area contributed by atoms with E-state index in [2.05, 4.69) is 4.40 Å². The number of amidine groups is 1. The summed E-state index contributed by atoms with van der Waals surface area (Å²) < 4.78 is 23.6. The second kappa shape index (κ2) is 4.41. The van der Waals surface area contributed by atoms with Crippen molar-refractivity contribution in [2.45, 2.75) is 0 Å². The molecule has 1 aromatic rings. The Morgan fingerprint density at radius 1 is 1.16 bits per heavy atom. The van der Waals surface area contributed by atoms with E-state index in [1.807, 2.05) is 23.3 Å². The van der Waals surface area contributed by atoms with E-state index >= 15 is 0 Å². The molecule has 3 N–H and O–H groups in total. The summed E-state index contributed by atoms with van der Waals surface area (Å²) in [5, 5.41) is 9.32. The van der Waals surface area contributed by atoms with Crippen LogP contribution in [0.5, 0.6) is 5.75 Å². The molecule has 100 valence electrons. The van der Waals surface area contributed by atoms with Gasteiger partial charge in [-0.3, -0.25) is 9.11 Å². The van der Waals surface area contributed by atoms with Gasteiger partial charge < -0.3 is 10.0 Å². The average molecular weight is 278 g/mol. The first-order valence-corrected chi connectivity index (χ1v) is 7.53. The molecular weight excluding hydrogens is 264 g/mol. The number of allylic oxidation sites excluding steroid dienone is 2. The molecule has 0 aliphatic carbocycles. The van der Waals surface area contributed by atoms with Gasteiger partial charge in [0.25, 0.3) is 0 Å². The number of phenolic OH excluding ortho intramolecular Hbond substituents is 1. The molecule has 0 spiro atoms. The van der Waals surface area contributed by atoms with Gasteiger partial charge in [0, 0.05) is 18.3 Å². The lowest BCUT2D eigenvalue weighted by atomic mass is 10.0. The Hall–Kier alpha value is -1.76. The van der Waals surface area contributed by atoms with Crippen LogP contribution in [-0.4, -0.2) is 37.2 Å². The molecule has 0 saturated heterocycles. The quantitative estimate of drug-likeness (QED) is 0.738. The number of hydrogen-bond acceptors (Lipinski definition) is 5. The van der Waals surface area contributed by atoms with Crippen LogP contribution in [0.2, 0.25) is 0 Å². The predicted molar refractivity (Wildman–Crippen MR) is 77.1 cm³/mol. The molecule has 1 aromatic carbocycles. The minimum atomic E-state index is -2.88. The summed E-state index contributed by atoms with van der Waals surface area (Å²) in [7, 11) is -2.88. The zero-order valence-corrected chi connectivity index (χ0v) is 10.9. The van der Waals surface area contributed by atoms with Crippen LogP contribution in [0, 0.1) is 0 Å². The Bertz CT molecular complexity index is 590. The molecule has 2 aliphatic rings. The molecule has 19 heavy (non-hydrogen) atoms. The Labute approximate surface area is 112 Å². The smallest absolute Gasteiger partial charge is 0.160 e. The van der Waals surface area contributed by atoms with Gasteiger partial charge in [0.05, 0.1) is 5.75 Å². The number of nitrogens with zero attached hydrogens (tertiary/aromatic N) is 2. The first-order chi connectivity index (χ1) is 9.05. The normalized spacial score (nSPS) is 22.3. The fourth-order valence-corrected chi connectivity index (χ4v) is 3.11. The van der Waals surface area contributed by atoms with Gasteiger partial charge in [0.15, 0.2) is 5.84 Å². The maximum Gasteiger partial charge on any atom is 0.160 e. The molecule has 0 saturated carbocycles. The minimum Gasteiger partial charge on any atom is -0.508 e. The average Bonchev–Trinajstić information content (AvgIpc) is 2.38. The van der Waals surface area contributed by atoms with Crippen molar-refractivity contribution < 1.29 is 14.2 Å². The monoisotopic (exact) mass is 278 g/mol. The van der Waals surface area contributed by atoms with Crippen molar-refractivity contribution in [3.05, 3.63) is 48.2 Å². The number of benzene rings is 1. The van der Waals surface area contributed by atoms with E-state index in [-0.39, 0.29) is 11.5 Å². The summed E-state index contributed by atoms with van der Waals surface area (Å²) >= 11 is 0. The summed E-state index contributed by atoms with van der Waals surface area (Å²) in [6.07, 6.45) is 5.65. The van der Waals surface area contributed by atoms with Crippen LogP contribution in [0.4, 0.5) is 0 Å². The fourth-order valence-electron chi connectivity index (χ4n) is 2.10. The van der Waals surface area contributed by atoms with Gasteiger partial charge >= 0.3 is 0 Å². The van der Waals surface area contributed by atoms with Crippen molar-refractivity contribution in [1.82, 2.24) is 4.90 Å². The maximum absolute atomic E-state index is 9.76. The van der Waals surface area contributed by atoms with E-state index in [4.69, 9.17) is 0 Å². The molecule has 0 fully saturated rings. The summed E-state index contributed by atoms with van der Waals surface area (Å²) in [6, 6.07) is 6.75. The highest BCUT2D eigenvalue weighted by Crippen LogP contribution is 2.45. The van der Waals surface area contributed by atoms with E-state index in [1.54, 1.807) is 24.3 Å². The van der Waals surface area contributed by atoms with Crippen molar-refractivity contribution >= 4 is 22.2 Å². The van der Waals surface area contributed by atoms with Crippen molar-refractivity contribution in [2.24, 2.45) is 4.40 Å². The molecule has 6 heteroatoms. The first-order valence-electron chi connectivity index (χ1n) is 5.86. The lowest BCUT2D eigenvalue weighted by molar-refractivity contribution is 0.467. The van der Waals surface area contributed by atoms with Crippen LogP contribution < -0.4 is 0 Å². The summed E-state index contributed by atoms with van der Waals surface area (Å²) in [4.78, 5) is 1.90. The Morgan fingerprint density at radius 3 is 2.63 bits per heavy atom. The molecule has 0 radical (unpaired) electrons. The van der Waals surface area contributed by atoms with Crippen LogP contribution in [0.1, 0.15) is 5.56 Å². The predicted octanol–water partition coefficient (Wildman–Crippen LogP) is 2.68. The Kier molecular flexibility index (Phi) is 2.85. The van der Waals surface area contributed by atoms with Gasteiger partial charge in [-0.25, -0.2) is 0 Å². The van der Waals surface area contributed by atoms with Crippen molar-refractivity contribution in [3.8, 4) is 5.75 Å². The molecule has 5 nitrogen and oxygen atoms in total. The number of phenols is 1. The third kappa shape index (κ3) is 2.37. The maximum atomic E-state index is 9.76. The summed E-state index contributed by atoms with van der Waals surface area (Å²) in [6.45, 7) is 0.535. The number of hydrogen-bond donors (Lipinski definition) is 3. The molecular formula is C13H14N2O3S. The third-order valence-corrected chi connectivity index (χ3v) is 4.25. The molecule has 2 aliphatic heterocycles. The summed E-state index contributed by atoms with van der Waals surface area (Å²) in [5.41, 5.74) is 1.70. The van der Waals surface area contributed by atoms with Crippen molar-refractivity contribution in [1.29, 1.82) is 0 Å². The van der Waals surface area contributed by atoms with Gasteiger partial charge in [0.1, 0.15) is 5.75 Å². The van der Waals surface area contributed by atoms with E-state index < -0.39 is 10.8 Å². The topological polar surface area (TPSA) is 76.3 Å². The molecule has 0 bridgehead atoms. The second-order valence-corrected chi connectivity index (χ2v) is 6.27. The lowest BCUT2D eigenvalue weighted by Crippen LogP contribution is -2.36. The van der Waals surface area contributed by atoms with Gasteiger partial charge in [-0.05, 0) is 29.8 Å². The van der Waals surface area contributed by atoms with Crippen molar-refractivity contribution in [2.75, 3.05) is 12.3 Å². The Balaban J connectivity index is 2.05. The van der Waals surface area contributed by atoms with Gasteiger partial charge in [-0.15, -0.1) is 4.40 Å². The lowest BCUT2D eigenvalue weighted by Gasteiger charge is -2.38. The van der Waals surface area contributed by atoms with E-state index in [0.29, 0.717) is 12.4 Å². The van der Waals surface area contributed by atoms with E-state index in [9.17, 15) is 14.2 Å². The van der Waals surface area contributed by atoms with Crippen LogP contribution in [-0.2, 0) is 0 Å². The molecule has 2 heterocycles. The zero-order chi connectivity index (χ0) is 13.5. The third-order valence-electron chi connectivity index (χ3n) is 3.06. The zero-order valence-electron chi connectivity index (χ0n) is 10.1. The largest absolute Gasteiger partial charge is 0.508 e. The molecule has 3 rings (SSSR count). The van der Waals surface area contributed by atoms with E-state index in [0.717, 1.165) is 11.1 Å². The van der Waals surface area contributed by atoms with Crippen molar-refractivity contribution in [3.63, 3.8) is 0 Å². The first kappa shape index (κ1) is 12.3. The molecule has 0 unspecified atom stereocenters. The van der Waals surface area contributed by atoms with Gasteiger partial charge in [-0.1, -0.05) is 22.9 Å². The van der Waals surface area contributed by atoms with Crippen LogP contribution in [0.25, 0.3) is 5.57 Å². The van der Waals surface area contributed by atoms with E-state index in [1.165, 1.54) is 0 Å². The second-order valence-electron chi connectivity index (χ2n) is 4.41. The van der Waals surface area contributed by atoms with Crippen LogP contribution >= 0.6 is 10.8 Å². The molecule has 0 atom stereocenters. The number of aromatic hydroxyl groups is 1. The van der Waals surface area contributed by atoms with Crippen LogP contribution in [0.3, 0.4) is 0 Å². The highest BCUT2D eigenvalue weighted by molar-refractivity contribution is 8.23. The highest BCUT2D eigenvalue weighted by Gasteiger charge is 2.27. The fraction of sp³-hybridized carbons (Fsp3) is 0.154. The standard InChI is InChI=1S/C13H14N2O3S/c16-11-5-3-10(4-6-11)12-2-1-7-15-8-9-19(17,18)14-13(12)15/h1-7,16-18H,8-9H2. The minimum absolute atomic E-state index is 0.197. The number of fused-ring (bicyclic) bond motifs is 1. The summed E-state index contributed by atoms with van der Waals surface area (Å²) in [5.74, 6) is 1.02. The highest BCUT2D eigenvalue weighted by atomic mass is 32.3.